The summed E-state index contributed by atoms with van der Waals surface area (Å²) in [6.45, 7) is 0. The molecule has 1 atom stereocenters. The molecule has 0 spiro atoms. The van der Waals surface area contributed by atoms with E-state index in [-0.39, 0.29) is 16.3 Å². The predicted octanol–water partition coefficient (Wildman–Crippen LogP) is 2.84. The van der Waals surface area contributed by atoms with E-state index in [1.54, 1.807) is 0 Å². The van der Waals surface area contributed by atoms with Gasteiger partial charge < -0.3 is 4.74 Å². The van der Waals surface area contributed by atoms with Crippen LogP contribution in [0, 0.1) is 0 Å². The third kappa shape index (κ3) is 1.79. The van der Waals surface area contributed by atoms with Gasteiger partial charge in [0.1, 0.15) is 0 Å². The molecule has 0 aromatic heterocycles. The van der Waals surface area contributed by atoms with Gasteiger partial charge >= 0.3 is 12.3 Å². The van der Waals surface area contributed by atoms with Gasteiger partial charge in [-0.2, -0.15) is 13.2 Å². The van der Waals surface area contributed by atoms with Crippen molar-refractivity contribution in [3.05, 3.63) is 28.8 Å². The fraction of sp³-hybridized carbons (Fsp3) is 0.300. The third-order valence-electron chi connectivity index (χ3n) is 2.59. The average molecular weight is 281 g/mol. The molecular formula is C10H8ClF3N2O2. The number of fused-ring (bicyclic) bond motifs is 1. The maximum atomic E-state index is 13.2. The zero-order chi connectivity index (χ0) is 13.6. The summed E-state index contributed by atoms with van der Waals surface area (Å²) in [6, 6.07) is 3.76. The van der Waals surface area contributed by atoms with Crippen molar-refractivity contribution in [2.75, 3.05) is 12.4 Å². The predicted molar refractivity (Wildman–Crippen MR) is 58.3 cm³/mol. The fourth-order valence-corrected chi connectivity index (χ4v) is 1.96. The Bertz CT molecular complexity index is 506. The fourth-order valence-electron chi connectivity index (χ4n) is 1.78. The molecule has 0 saturated heterocycles. The van der Waals surface area contributed by atoms with Crippen molar-refractivity contribution in [3.63, 3.8) is 0 Å². The molecule has 2 N–H and O–H groups in total. The molecule has 0 aliphatic carbocycles. The number of hydrogen-bond donors (Lipinski definition) is 2. The lowest BCUT2D eigenvalue weighted by Gasteiger charge is -2.39. The first kappa shape index (κ1) is 13.0. The molecule has 98 valence electrons. The van der Waals surface area contributed by atoms with E-state index in [4.69, 9.17) is 11.6 Å². The van der Waals surface area contributed by atoms with Gasteiger partial charge in [0.25, 0.3) is 5.72 Å². The van der Waals surface area contributed by atoms with Gasteiger partial charge in [0.2, 0.25) is 0 Å². The summed E-state index contributed by atoms with van der Waals surface area (Å²) < 4.78 is 43.9. The highest BCUT2D eigenvalue weighted by Crippen LogP contribution is 2.45. The molecule has 2 rings (SSSR count). The van der Waals surface area contributed by atoms with E-state index in [0.29, 0.717) is 0 Å². The number of halogens is 4. The van der Waals surface area contributed by atoms with Crippen molar-refractivity contribution in [2.45, 2.75) is 11.9 Å². The van der Waals surface area contributed by atoms with Crippen LogP contribution >= 0.6 is 11.6 Å². The van der Waals surface area contributed by atoms with Gasteiger partial charge in [-0.1, -0.05) is 11.6 Å². The number of benzene rings is 1. The maximum absolute atomic E-state index is 13.2. The summed E-state index contributed by atoms with van der Waals surface area (Å²) in [5, 5.41) is 4.30. The van der Waals surface area contributed by atoms with Crippen LogP contribution in [0.4, 0.5) is 23.7 Å². The zero-order valence-corrected chi connectivity index (χ0v) is 9.82. The number of anilines is 1. The Hall–Kier alpha value is -1.47. The summed E-state index contributed by atoms with van der Waals surface area (Å²) in [4.78, 5) is 11.2. The molecule has 18 heavy (non-hydrogen) atoms. The Morgan fingerprint density at radius 3 is 2.67 bits per heavy atom. The van der Waals surface area contributed by atoms with E-state index in [1.165, 1.54) is 12.1 Å². The van der Waals surface area contributed by atoms with Crippen molar-refractivity contribution in [3.8, 4) is 0 Å². The molecule has 4 nitrogen and oxygen atoms in total. The number of carbonyl (C=O) groups excluding carboxylic acids is 1. The van der Waals surface area contributed by atoms with Crippen molar-refractivity contribution in [1.82, 2.24) is 5.32 Å². The Balaban J connectivity index is 2.69. The summed E-state index contributed by atoms with van der Waals surface area (Å²) in [5.41, 5.74) is -3.18. The lowest BCUT2D eigenvalue weighted by atomic mass is 9.98. The highest BCUT2D eigenvalue weighted by molar-refractivity contribution is 6.30. The number of amides is 1. The molecule has 0 fully saturated rings. The van der Waals surface area contributed by atoms with Crippen molar-refractivity contribution in [1.29, 1.82) is 0 Å². The first-order valence-corrected chi connectivity index (χ1v) is 5.23. The molecule has 1 amide bonds. The second-order valence-electron chi connectivity index (χ2n) is 3.63. The standard InChI is InChI=1S/C10H8ClF3N2O2/c1-15-9(10(12,13)14)6-4-5(11)2-3-7(6)16-8(17)18-9/h2-4,15H,1H3,(H,16,17). The number of alkyl halides is 3. The Morgan fingerprint density at radius 1 is 1.44 bits per heavy atom. The van der Waals surface area contributed by atoms with E-state index in [2.05, 4.69) is 10.1 Å². The molecule has 1 aromatic carbocycles. The summed E-state index contributed by atoms with van der Waals surface area (Å²) in [5.74, 6) is 0. The minimum absolute atomic E-state index is 0.00215. The van der Waals surface area contributed by atoms with Gasteiger partial charge in [0, 0.05) is 10.6 Å². The number of carbonyl (C=O) groups is 1. The van der Waals surface area contributed by atoms with E-state index >= 15 is 0 Å². The first-order chi connectivity index (χ1) is 8.30. The number of nitrogens with one attached hydrogen (secondary N) is 2. The normalized spacial score (nSPS) is 23.1. The first-order valence-electron chi connectivity index (χ1n) is 4.86. The van der Waals surface area contributed by atoms with Gasteiger partial charge in [-0.3, -0.25) is 10.6 Å². The molecule has 1 aliphatic rings. The van der Waals surface area contributed by atoms with Crippen molar-refractivity contribution in [2.24, 2.45) is 0 Å². The van der Waals surface area contributed by atoms with Crippen LogP contribution in [-0.2, 0) is 10.5 Å². The molecule has 0 radical (unpaired) electrons. The van der Waals surface area contributed by atoms with Gasteiger partial charge in [-0.25, -0.2) is 4.79 Å². The Kier molecular flexibility index (Phi) is 2.90. The van der Waals surface area contributed by atoms with Gasteiger partial charge in [0.15, 0.2) is 0 Å². The lowest BCUT2D eigenvalue weighted by Crippen LogP contribution is -2.58. The quantitative estimate of drug-likeness (QED) is 0.832. The molecule has 1 heterocycles. The highest BCUT2D eigenvalue weighted by Gasteiger charge is 2.61. The average Bonchev–Trinajstić information content (AvgIpc) is 2.27. The Morgan fingerprint density at radius 2 is 2.11 bits per heavy atom. The molecule has 0 saturated carbocycles. The Labute approximate surface area is 105 Å². The van der Waals surface area contributed by atoms with Crippen molar-refractivity contribution >= 4 is 23.4 Å². The second kappa shape index (κ2) is 4.03. The largest absolute Gasteiger partial charge is 0.447 e. The smallest absolute Gasteiger partial charge is 0.413 e. The lowest BCUT2D eigenvalue weighted by molar-refractivity contribution is -0.275. The molecule has 8 heteroatoms. The van der Waals surface area contributed by atoms with Gasteiger partial charge in [-0.15, -0.1) is 0 Å². The monoisotopic (exact) mass is 280 g/mol. The minimum Gasteiger partial charge on any atom is -0.413 e. The van der Waals surface area contributed by atoms with Crippen LogP contribution in [0.5, 0.6) is 0 Å². The highest BCUT2D eigenvalue weighted by atomic mass is 35.5. The van der Waals surface area contributed by atoms with Crippen LogP contribution < -0.4 is 10.6 Å². The molecule has 1 aliphatic heterocycles. The van der Waals surface area contributed by atoms with Crippen LogP contribution in [-0.4, -0.2) is 19.3 Å². The van der Waals surface area contributed by atoms with Gasteiger partial charge in [-0.05, 0) is 25.2 Å². The maximum Gasteiger partial charge on any atom is 0.447 e. The zero-order valence-electron chi connectivity index (χ0n) is 9.06. The minimum atomic E-state index is -4.82. The van der Waals surface area contributed by atoms with Crippen LogP contribution in [0.15, 0.2) is 18.2 Å². The third-order valence-corrected chi connectivity index (χ3v) is 2.83. The van der Waals surface area contributed by atoms with Crippen LogP contribution in [0.3, 0.4) is 0 Å². The van der Waals surface area contributed by atoms with E-state index in [0.717, 1.165) is 13.1 Å². The SMILES string of the molecule is CNC1(C(F)(F)F)OC(=O)Nc2ccc(Cl)cc21. The number of ether oxygens (including phenoxy) is 1. The number of cyclic esters (lactones) is 1. The molecular weight excluding hydrogens is 273 g/mol. The number of rotatable bonds is 1. The van der Waals surface area contributed by atoms with Gasteiger partial charge in [0.05, 0.1) is 5.69 Å². The summed E-state index contributed by atoms with van der Waals surface area (Å²) in [7, 11) is 1.05. The number of hydrogen-bond acceptors (Lipinski definition) is 3. The van der Waals surface area contributed by atoms with E-state index < -0.39 is 18.0 Å². The second-order valence-corrected chi connectivity index (χ2v) is 4.07. The molecule has 0 bridgehead atoms. The topological polar surface area (TPSA) is 50.4 Å². The van der Waals surface area contributed by atoms with Crippen LogP contribution in [0.2, 0.25) is 5.02 Å². The van der Waals surface area contributed by atoms with Crippen LogP contribution in [0.25, 0.3) is 0 Å². The molecule has 1 aromatic rings. The summed E-state index contributed by atoms with van der Waals surface area (Å²) >= 11 is 5.68. The van der Waals surface area contributed by atoms with Crippen LogP contribution in [0.1, 0.15) is 5.56 Å². The summed E-state index contributed by atoms with van der Waals surface area (Å²) in [6.07, 6.45) is -6.00. The van der Waals surface area contributed by atoms with Crippen molar-refractivity contribution < 1.29 is 22.7 Å². The van der Waals surface area contributed by atoms with E-state index in [1.807, 2.05) is 5.32 Å². The molecule has 1 unspecified atom stereocenters. The van der Waals surface area contributed by atoms with E-state index in [9.17, 15) is 18.0 Å².